The number of aliphatic carboxylic acids is 1. The summed E-state index contributed by atoms with van der Waals surface area (Å²) in [6.45, 7) is 2.07. The van der Waals surface area contributed by atoms with Crippen LogP contribution in [0.3, 0.4) is 0 Å². The Morgan fingerprint density at radius 1 is 1.33 bits per heavy atom. The molecule has 1 aliphatic rings. The Labute approximate surface area is 124 Å². The smallest absolute Gasteiger partial charge is 0.323 e. The standard InChI is InChI=1S/C16H21NO4/c1-12(9-10-21-14-5-3-2-4-6-14)16(20)17(11-15(18)19)13-7-8-13/h2-6,12-13H,7-11H2,1H3,(H,18,19). The molecular formula is C16H21NO4. The first-order valence-corrected chi connectivity index (χ1v) is 7.28. The number of hydrogen-bond donors (Lipinski definition) is 1. The molecule has 1 atom stereocenters. The van der Waals surface area contributed by atoms with Crippen LogP contribution in [-0.2, 0) is 9.59 Å². The minimum absolute atomic E-state index is 0.0865. The molecule has 0 heterocycles. The molecule has 114 valence electrons. The van der Waals surface area contributed by atoms with Gasteiger partial charge in [-0.3, -0.25) is 9.59 Å². The second-order valence-electron chi connectivity index (χ2n) is 5.44. The number of nitrogens with zero attached hydrogens (tertiary/aromatic N) is 1. The average Bonchev–Trinajstić information content (AvgIpc) is 3.29. The summed E-state index contributed by atoms with van der Waals surface area (Å²) in [5.74, 6) is -0.491. The maximum Gasteiger partial charge on any atom is 0.323 e. The van der Waals surface area contributed by atoms with Gasteiger partial charge < -0.3 is 14.7 Å². The van der Waals surface area contributed by atoms with Crippen molar-refractivity contribution in [3.63, 3.8) is 0 Å². The molecule has 0 spiro atoms. The molecule has 21 heavy (non-hydrogen) atoms. The van der Waals surface area contributed by atoms with Gasteiger partial charge in [-0.25, -0.2) is 0 Å². The Kier molecular flexibility index (Phi) is 5.20. The van der Waals surface area contributed by atoms with Gasteiger partial charge in [-0.05, 0) is 31.4 Å². The van der Waals surface area contributed by atoms with Crippen molar-refractivity contribution in [2.45, 2.75) is 32.2 Å². The molecule has 0 aromatic heterocycles. The highest BCUT2D eigenvalue weighted by molar-refractivity contribution is 5.83. The van der Waals surface area contributed by atoms with Gasteiger partial charge in [0.2, 0.25) is 5.91 Å². The number of ether oxygens (including phenoxy) is 1. The third-order valence-corrected chi connectivity index (χ3v) is 3.56. The molecule has 1 aromatic carbocycles. The summed E-state index contributed by atoms with van der Waals surface area (Å²) in [6.07, 6.45) is 2.40. The number of carbonyl (C=O) groups excluding carboxylic acids is 1. The fourth-order valence-corrected chi connectivity index (χ4v) is 2.20. The lowest BCUT2D eigenvalue weighted by molar-refractivity contribution is -0.146. The van der Waals surface area contributed by atoms with Crippen molar-refractivity contribution in [3.05, 3.63) is 30.3 Å². The van der Waals surface area contributed by atoms with Crippen LogP contribution in [0, 0.1) is 5.92 Å². The number of benzene rings is 1. The predicted molar refractivity (Wildman–Crippen MR) is 78.1 cm³/mol. The number of carboxylic acids is 1. The third kappa shape index (κ3) is 4.77. The van der Waals surface area contributed by atoms with Gasteiger partial charge in [-0.2, -0.15) is 0 Å². The van der Waals surface area contributed by atoms with Gasteiger partial charge in [0.05, 0.1) is 6.61 Å². The SMILES string of the molecule is CC(CCOc1ccccc1)C(=O)N(CC(=O)O)C1CC1. The molecule has 2 rings (SSSR count). The molecule has 1 fully saturated rings. The van der Waals surface area contributed by atoms with Crippen molar-refractivity contribution in [2.24, 2.45) is 5.92 Å². The van der Waals surface area contributed by atoms with Crippen LogP contribution in [0.15, 0.2) is 30.3 Å². The topological polar surface area (TPSA) is 66.8 Å². The number of amides is 1. The number of hydrogen-bond acceptors (Lipinski definition) is 3. The van der Waals surface area contributed by atoms with Gasteiger partial charge in [0, 0.05) is 12.0 Å². The molecule has 0 saturated heterocycles. The van der Waals surface area contributed by atoms with E-state index in [0.29, 0.717) is 13.0 Å². The maximum absolute atomic E-state index is 12.3. The van der Waals surface area contributed by atoms with Crippen LogP contribution in [0.2, 0.25) is 0 Å². The molecule has 1 amide bonds. The largest absolute Gasteiger partial charge is 0.494 e. The maximum atomic E-state index is 12.3. The minimum atomic E-state index is -0.956. The molecule has 1 unspecified atom stereocenters. The van der Waals surface area contributed by atoms with E-state index in [0.717, 1.165) is 18.6 Å². The summed E-state index contributed by atoms with van der Waals surface area (Å²) in [5, 5.41) is 8.90. The quantitative estimate of drug-likeness (QED) is 0.797. The molecule has 0 aliphatic heterocycles. The summed E-state index contributed by atoms with van der Waals surface area (Å²) >= 11 is 0. The van der Waals surface area contributed by atoms with E-state index in [2.05, 4.69) is 0 Å². The zero-order valence-electron chi connectivity index (χ0n) is 12.2. The van der Waals surface area contributed by atoms with Crippen LogP contribution in [0.25, 0.3) is 0 Å². The van der Waals surface area contributed by atoms with Gasteiger partial charge in [-0.15, -0.1) is 0 Å². The number of para-hydroxylation sites is 1. The highest BCUT2D eigenvalue weighted by Crippen LogP contribution is 2.28. The zero-order chi connectivity index (χ0) is 15.2. The van der Waals surface area contributed by atoms with Gasteiger partial charge in [0.15, 0.2) is 0 Å². The normalized spacial score (nSPS) is 15.3. The van der Waals surface area contributed by atoms with Crippen molar-refractivity contribution in [1.82, 2.24) is 4.90 Å². The van der Waals surface area contributed by atoms with Crippen LogP contribution in [0.4, 0.5) is 0 Å². The van der Waals surface area contributed by atoms with Crippen LogP contribution >= 0.6 is 0 Å². The van der Waals surface area contributed by atoms with E-state index < -0.39 is 5.97 Å². The van der Waals surface area contributed by atoms with E-state index in [4.69, 9.17) is 9.84 Å². The Bertz CT molecular complexity index is 484. The molecule has 1 aliphatic carbocycles. The molecule has 1 saturated carbocycles. The van der Waals surface area contributed by atoms with Gasteiger partial charge in [0.1, 0.15) is 12.3 Å². The summed E-state index contributed by atoms with van der Waals surface area (Å²) in [7, 11) is 0. The highest BCUT2D eigenvalue weighted by Gasteiger charge is 2.35. The monoisotopic (exact) mass is 291 g/mol. The number of carbonyl (C=O) groups is 2. The lowest BCUT2D eigenvalue weighted by atomic mass is 10.1. The summed E-state index contributed by atoms with van der Waals surface area (Å²) in [4.78, 5) is 24.7. The lowest BCUT2D eigenvalue weighted by Gasteiger charge is -2.24. The molecule has 5 heteroatoms. The molecule has 1 aromatic rings. The van der Waals surface area contributed by atoms with Crippen molar-refractivity contribution in [1.29, 1.82) is 0 Å². The summed E-state index contributed by atoms with van der Waals surface area (Å²) in [6, 6.07) is 9.56. The van der Waals surface area contributed by atoms with E-state index in [1.54, 1.807) is 0 Å². The Morgan fingerprint density at radius 3 is 2.57 bits per heavy atom. The van der Waals surface area contributed by atoms with E-state index in [-0.39, 0.29) is 24.4 Å². The van der Waals surface area contributed by atoms with E-state index in [9.17, 15) is 9.59 Å². The molecule has 1 N–H and O–H groups in total. The van der Waals surface area contributed by atoms with E-state index >= 15 is 0 Å². The first-order chi connectivity index (χ1) is 10.1. The predicted octanol–water partition coefficient (Wildman–Crippen LogP) is 2.17. The number of carboxylic acid groups (broad SMARTS) is 1. The highest BCUT2D eigenvalue weighted by atomic mass is 16.5. The van der Waals surface area contributed by atoms with Crippen LogP contribution in [0.5, 0.6) is 5.75 Å². The van der Waals surface area contributed by atoms with Crippen molar-refractivity contribution >= 4 is 11.9 Å². The molecule has 0 radical (unpaired) electrons. The molecular weight excluding hydrogens is 270 g/mol. The van der Waals surface area contributed by atoms with Crippen LogP contribution in [0.1, 0.15) is 26.2 Å². The minimum Gasteiger partial charge on any atom is -0.494 e. The van der Waals surface area contributed by atoms with Gasteiger partial charge >= 0.3 is 5.97 Å². The fraction of sp³-hybridized carbons (Fsp3) is 0.500. The lowest BCUT2D eigenvalue weighted by Crippen LogP contribution is -2.40. The summed E-state index contributed by atoms with van der Waals surface area (Å²) < 4.78 is 5.58. The third-order valence-electron chi connectivity index (χ3n) is 3.56. The van der Waals surface area contributed by atoms with Gasteiger partial charge in [-0.1, -0.05) is 25.1 Å². The van der Waals surface area contributed by atoms with Crippen LogP contribution < -0.4 is 4.74 Å². The van der Waals surface area contributed by atoms with E-state index in [1.165, 1.54) is 4.90 Å². The average molecular weight is 291 g/mol. The fourth-order valence-electron chi connectivity index (χ4n) is 2.20. The van der Waals surface area contributed by atoms with Crippen LogP contribution in [-0.4, -0.2) is 41.1 Å². The first-order valence-electron chi connectivity index (χ1n) is 7.28. The van der Waals surface area contributed by atoms with E-state index in [1.807, 2.05) is 37.3 Å². The second-order valence-corrected chi connectivity index (χ2v) is 5.44. The second kappa shape index (κ2) is 7.11. The Hall–Kier alpha value is -2.04. The number of rotatable bonds is 8. The van der Waals surface area contributed by atoms with Crippen molar-refractivity contribution < 1.29 is 19.4 Å². The zero-order valence-corrected chi connectivity index (χ0v) is 12.2. The Balaban J connectivity index is 1.79. The first kappa shape index (κ1) is 15.4. The van der Waals surface area contributed by atoms with Crippen molar-refractivity contribution in [2.75, 3.05) is 13.2 Å². The van der Waals surface area contributed by atoms with Gasteiger partial charge in [0.25, 0.3) is 0 Å². The summed E-state index contributed by atoms with van der Waals surface area (Å²) in [5.41, 5.74) is 0. The Morgan fingerprint density at radius 2 is 2.00 bits per heavy atom. The molecule has 0 bridgehead atoms. The molecule has 5 nitrogen and oxygen atoms in total. The van der Waals surface area contributed by atoms with Crippen molar-refractivity contribution in [3.8, 4) is 5.75 Å².